The van der Waals surface area contributed by atoms with Gasteiger partial charge in [0.15, 0.2) is 0 Å². The summed E-state index contributed by atoms with van der Waals surface area (Å²) in [7, 11) is 0. The van der Waals surface area contributed by atoms with Gasteiger partial charge in [-0.15, -0.1) is 0 Å². The number of nitrogens with one attached hydrogen (secondary N) is 2. The van der Waals surface area contributed by atoms with Gasteiger partial charge < -0.3 is 10.6 Å². The number of rotatable bonds is 5. The molecular formula is C19H17ClN2O2. The Labute approximate surface area is 145 Å². The van der Waals surface area contributed by atoms with Crippen molar-refractivity contribution in [2.24, 2.45) is 0 Å². The van der Waals surface area contributed by atoms with Crippen LogP contribution in [0.2, 0.25) is 5.02 Å². The molecule has 2 amide bonds. The Balaban J connectivity index is 1.58. The lowest BCUT2D eigenvalue weighted by molar-refractivity contribution is -0.111. The Kier molecular flexibility index (Phi) is 4.96. The van der Waals surface area contributed by atoms with Crippen LogP contribution in [0.25, 0.3) is 6.08 Å². The molecule has 122 valence electrons. The first-order valence-electron chi connectivity index (χ1n) is 7.76. The van der Waals surface area contributed by atoms with E-state index < -0.39 is 0 Å². The van der Waals surface area contributed by atoms with Gasteiger partial charge in [0, 0.05) is 17.7 Å². The quantitative estimate of drug-likeness (QED) is 0.811. The number of hydrogen-bond acceptors (Lipinski definition) is 2. The lowest BCUT2D eigenvalue weighted by Gasteiger charge is -2.04. The third-order valence-electron chi connectivity index (χ3n) is 3.64. The number of carbonyl (C=O) groups excluding carboxylic acids is 2. The van der Waals surface area contributed by atoms with Crippen molar-refractivity contribution >= 4 is 35.2 Å². The van der Waals surface area contributed by atoms with E-state index in [0.717, 1.165) is 18.4 Å². The lowest BCUT2D eigenvalue weighted by Crippen LogP contribution is -2.25. The first-order valence-corrected chi connectivity index (χ1v) is 8.14. The van der Waals surface area contributed by atoms with Crippen molar-refractivity contribution in [3.8, 4) is 0 Å². The summed E-state index contributed by atoms with van der Waals surface area (Å²) < 4.78 is 0. The molecule has 0 bridgehead atoms. The van der Waals surface area contributed by atoms with Crippen molar-refractivity contribution in [2.75, 3.05) is 5.32 Å². The fraction of sp³-hybridized carbons (Fsp3) is 0.158. The molecule has 24 heavy (non-hydrogen) atoms. The monoisotopic (exact) mass is 340 g/mol. The minimum Gasteiger partial charge on any atom is -0.349 e. The second-order valence-electron chi connectivity index (χ2n) is 5.67. The van der Waals surface area contributed by atoms with E-state index in [-0.39, 0.29) is 11.8 Å². The molecule has 1 fully saturated rings. The average molecular weight is 341 g/mol. The van der Waals surface area contributed by atoms with Crippen LogP contribution in [0, 0.1) is 0 Å². The van der Waals surface area contributed by atoms with E-state index in [1.165, 1.54) is 6.08 Å². The highest BCUT2D eigenvalue weighted by Gasteiger charge is 2.23. The second-order valence-corrected chi connectivity index (χ2v) is 6.08. The van der Waals surface area contributed by atoms with E-state index in [1.807, 2.05) is 0 Å². The Morgan fingerprint density at radius 2 is 1.75 bits per heavy atom. The van der Waals surface area contributed by atoms with Gasteiger partial charge >= 0.3 is 0 Å². The van der Waals surface area contributed by atoms with Gasteiger partial charge in [-0.1, -0.05) is 35.9 Å². The third-order valence-corrected chi connectivity index (χ3v) is 3.97. The maximum atomic E-state index is 11.9. The summed E-state index contributed by atoms with van der Waals surface area (Å²) in [4.78, 5) is 23.8. The van der Waals surface area contributed by atoms with Gasteiger partial charge in [0.1, 0.15) is 0 Å². The van der Waals surface area contributed by atoms with Gasteiger partial charge in [0.2, 0.25) is 5.91 Å². The second kappa shape index (κ2) is 7.32. The Bertz CT molecular complexity index is 780. The van der Waals surface area contributed by atoms with Crippen LogP contribution in [0.15, 0.2) is 54.6 Å². The zero-order valence-corrected chi connectivity index (χ0v) is 13.7. The fourth-order valence-corrected chi connectivity index (χ4v) is 2.33. The van der Waals surface area contributed by atoms with Crippen molar-refractivity contribution in [3.05, 3.63) is 70.8 Å². The molecule has 3 rings (SSSR count). The van der Waals surface area contributed by atoms with Crippen LogP contribution in [0.1, 0.15) is 28.8 Å². The molecule has 0 unspecified atom stereocenters. The summed E-state index contributed by atoms with van der Waals surface area (Å²) in [5.74, 6) is -0.317. The van der Waals surface area contributed by atoms with E-state index >= 15 is 0 Å². The molecule has 0 radical (unpaired) electrons. The number of benzene rings is 2. The largest absolute Gasteiger partial charge is 0.349 e. The highest BCUT2D eigenvalue weighted by atomic mass is 35.5. The van der Waals surface area contributed by atoms with Gasteiger partial charge in [-0.2, -0.15) is 0 Å². The molecule has 0 heterocycles. The fourth-order valence-electron chi connectivity index (χ4n) is 2.15. The standard InChI is InChI=1S/C19H17ClN2O2/c20-16-3-1-2-4-17(16)22-18(23)12-7-13-5-8-14(9-6-13)19(24)21-15-10-11-15/h1-9,12,15H,10-11H2,(H,21,24)(H,22,23)/b12-7+. The molecule has 1 aliphatic carbocycles. The van der Waals surface area contributed by atoms with E-state index in [2.05, 4.69) is 10.6 Å². The molecule has 0 spiro atoms. The number of halogens is 1. The molecule has 1 aliphatic rings. The summed E-state index contributed by atoms with van der Waals surface area (Å²) >= 11 is 6.00. The number of hydrogen-bond donors (Lipinski definition) is 2. The van der Waals surface area contributed by atoms with Crippen molar-refractivity contribution in [2.45, 2.75) is 18.9 Å². The van der Waals surface area contributed by atoms with Gasteiger partial charge in [-0.25, -0.2) is 0 Å². The summed E-state index contributed by atoms with van der Waals surface area (Å²) in [6, 6.07) is 14.5. The smallest absolute Gasteiger partial charge is 0.251 e. The lowest BCUT2D eigenvalue weighted by atomic mass is 10.1. The van der Waals surface area contributed by atoms with E-state index in [0.29, 0.717) is 22.3 Å². The molecule has 0 atom stereocenters. The van der Waals surface area contributed by atoms with Crippen LogP contribution in [0.4, 0.5) is 5.69 Å². The maximum absolute atomic E-state index is 11.9. The van der Waals surface area contributed by atoms with Crippen LogP contribution in [-0.4, -0.2) is 17.9 Å². The van der Waals surface area contributed by atoms with Gasteiger partial charge in [-0.05, 0) is 48.7 Å². The van der Waals surface area contributed by atoms with Crippen LogP contribution in [0.3, 0.4) is 0 Å². The average Bonchev–Trinajstić information content (AvgIpc) is 3.39. The normalized spacial score (nSPS) is 13.7. The van der Waals surface area contributed by atoms with Gasteiger partial charge in [0.05, 0.1) is 10.7 Å². The highest BCUT2D eigenvalue weighted by Crippen LogP contribution is 2.21. The summed E-state index contributed by atoms with van der Waals surface area (Å²) in [5, 5.41) is 6.15. The highest BCUT2D eigenvalue weighted by molar-refractivity contribution is 6.33. The number of carbonyl (C=O) groups is 2. The predicted octanol–water partition coefficient (Wildman–Crippen LogP) is 3.88. The summed E-state index contributed by atoms with van der Waals surface area (Å²) in [5.41, 5.74) is 2.03. The Morgan fingerprint density at radius 1 is 1.04 bits per heavy atom. The van der Waals surface area contributed by atoms with Crippen LogP contribution >= 0.6 is 11.6 Å². The molecule has 5 heteroatoms. The molecule has 4 nitrogen and oxygen atoms in total. The Morgan fingerprint density at radius 3 is 2.42 bits per heavy atom. The van der Waals surface area contributed by atoms with Gasteiger partial charge in [-0.3, -0.25) is 9.59 Å². The van der Waals surface area contributed by atoms with Crippen molar-refractivity contribution < 1.29 is 9.59 Å². The number of amides is 2. The van der Waals surface area contributed by atoms with Crippen molar-refractivity contribution in [1.29, 1.82) is 0 Å². The maximum Gasteiger partial charge on any atom is 0.251 e. The molecule has 0 aliphatic heterocycles. The first kappa shape index (κ1) is 16.3. The molecule has 1 saturated carbocycles. The Hall–Kier alpha value is -2.59. The molecule has 2 aromatic carbocycles. The van der Waals surface area contributed by atoms with Crippen LogP contribution < -0.4 is 10.6 Å². The topological polar surface area (TPSA) is 58.2 Å². The molecule has 0 aromatic heterocycles. The van der Waals surface area contributed by atoms with Gasteiger partial charge in [0.25, 0.3) is 5.91 Å². The minimum absolute atomic E-state index is 0.0514. The summed E-state index contributed by atoms with van der Waals surface area (Å²) in [6.07, 6.45) is 5.25. The number of anilines is 1. The third kappa shape index (κ3) is 4.46. The zero-order valence-electron chi connectivity index (χ0n) is 13.0. The van der Waals surface area contributed by atoms with E-state index in [9.17, 15) is 9.59 Å². The van der Waals surface area contributed by atoms with E-state index in [1.54, 1.807) is 54.6 Å². The van der Waals surface area contributed by atoms with E-state index in [4.69, 9.17) is 11.6 Å². The predicted molar refractivity (Wildman–Crippen MR) is 96.0 cm³/mol. The molecular weight excluding hydrogens is 324 g/mol. The molecule has 2 N–H and O–H groups in total. The first-order chi connectivity index (χ1) is 11.6. The zero-order chi connectivity index (χ0) is 16.9. The van der Waals surface area contributed by atoms with Crippen molar-refractivity contribution in [3.63, 3.8) is 0 Å². The van der Waals surface area contributed by atoms with Crippen LogP contribution in [-0.2, 0) is 4.79 Å². The summed E-state index contributed by atoms with van der Waals surface area (Å²) in [6.45, 7) is 0. The minimum atomic E-state index is -0.265. The molecule has 2 aromatic rings. The SMILES string of the molecule is O=C(/C=C/c1ccc(C(=O)NC2CC2)cc1)Nc1ccccc1Cl. The van der Waals surface area contributed by atoms with Crippen molar-refractivity contribution in [1.82, 2.24) is 5.32 Å². The molecule has 0 saturated heterocycles. The number of para-hydroxylation sites is 1. The van der Waals surface area contributed by atoms with Crippen LogP contribution in [0.5, 0.6) is 0 Å².